The summed E-state index contributed by atoms with van der Waals surface area (Å²) in [5.74, 6) is 4.02. The molecule has 3 amide bonds. The molecule has 8 heteroatoms. The van der Waals surface area contributed by atoms with Crippen molar-refractivity contribution in [2.75, 3.05) is 13.2 Å². The summed E-state index contributed by atoms with van der Waals surface area (Å²) in [6.45, 7) is 1.04. The molecule has 0 aromatic rings. The lowest BCUT2D eigenvalue weighted by atomic mass is 10.1. The van der Waals surface area contributed by atoms with Crippen molar-refractivity contribution in [1.29, 1.82) is 0 Å². The predicted molar refractivity (Wildman–Crippen MR) is 64.9 cm³/mol. The van der Waals surface area contributed by atoms with Gasteiger partial charge in [-0.25, -0.2) is 4.79 Å². The second kappa shape index (κ2) is 5.76. The monoisotopic (exact) mass is 284 g/mol. The van der Waals surface area contributed by atoms with Crippen LogP contribution < -0.4 is 5.32 Å². The highest BCUT2D eigenvalue weighted by molar-refractivity contribution is 5.99. The number of nitrogens with zero attached hydrogens (tertiary/aromatic N) is 1. The SMILES string of the molecule is CC#CC1CN([C@@H]2O[C@H](CO)[C@@H](O)[C@@H]2O)C(=O)NC1=O. The zero-order valence-corrected chi connectivity index (χ0v) is 10.8. The van der Waals surface area contributed by atoms with E-state index < -0.39 is 49.0 Å². The summed E-state index contributed by atoms with van der Waals surface area (Å²) in [7, 11) is 0. The number of rotatable bonds is 2. The van der Waals surface area contributed by atoms with Gasteiger partial charge >= 0.3 is 6.03 Å². The van der Waals surface area contributed by atoms with Gasteiger partial charge < -0.3 is 20.1 Å². The van der Waals surface area contributed by atoms with Gasteiger partial charge in [0.1, 0.15) is 24.2 Å². The summed E-state index contributed by atoms with van der Waals surface area (Å²) in [6.07, 6.45) is -4.76. The Morgan fingerprint density at radius 3 is 2.65 bits per heavy atom. The molecule has 2 aliphatic rings. The van der Waals surface area contributed by atoms with Gasteiger partial charge in [-0.1, -0.05) is 5.92 Å². The van der Waals surface area contributed by atoms with Crippen molar-refractivity contribution in [3.8, 4) is 11.8 Å². The fraction of sp³-hybridized carbons (Fsp3) is 0.667. The maximum Gasteiger partial charge on any atom is 0.326 e. The van der Waals surface area contributed by atoms with Crippen molar-refractivity contribution in [1.82, 2.24) is 10.2 Å². The van der Waals surface area contributed by atoms with Crippen LogP contribution in [0.5, 0.6) is 0 Å². The van der Waals surface area contributed by atoms with Gasteiger partial charge in [0.05, 0.1) is 6.61 Å². The molecule has 2 saturated heterocycles. The van der Waals surface area contributed by atoms with Crippen LogP contribution in [0, 0.1) is 17.8 Å². The summed E-state index contributed by atoms with van der Waals surface area (Å²) >= 11 is 0. The molecule has 110 valence electrons. The number of aliphatic hydroxyl groups is 3. The van der Waals surface area contributed by atoms with Crippen LogP contribution in [0.3, 0.4) is 0 Å². The van der Waals surface area contributed by atoms with Gasteiger partial charge in [0.2, 0.25) is 5.91 Å². The van der Waals surface area contributed by atoms with Gasteiger partial charge in [-0.05, 0) is 6.92 Å². The number of nitrogens with one attached hydrogen (secondary N) is 1. The molecule has 20 heavy (non-hydrogen) atoms. The van der Waals surface area contributed by atoms with Crippen molar-refractivity contribution >= 4 is 11.9 Å². The topological polar surface area (TPSA) is 119 Å². The minimum absolute atomic E-state index is 0.0435. The number of carbonyl (C=O) groups excluding carboxylic acids is 2. The van der Waals surface area contributed by atoms with E-state index in [9.17, 15) is 19.8 Å². The molecule has 2 heterocycles. The summed E-state index contributed by atoms with van der Waals surface area (Å²) in [6, 6.07) is -0.723. The minimum Gasteiger partial charge on any atom is -0.394 e. The third-order valence-corrected chi connectivity index (χ3v) is 3.33. The van der Waals surface area contributed by atoms with E-state index in [-0.39, 0.29) is 6.54 Å². The van der Waals surface area contributed by atoms with Gasteiger partial charge in [-0.15, -0.1) is 5.92 Å². The van der Waals surface area contributed by atoms with Crippen LogP contribution in [-0.4, -0.2) is 69.8 Å². The number of carbonyl (C=O) groups is 2. The van der Waals surface area contributed by atoms with Crippen molar-refractivity contribution in [2.45, 2.75) is 31.5 Å². The Hall–Kier alpha value is -1.66. The van der Waals surface area contributed by atoms with E-state index in [1.54, 1.807) is 6.92 Å². The zero-order valence-electron chi connectivity index (χ0n) is 10.8. The van der Waals surface area contributed by atoms with Crippen LogP contribution in [0.2, 0.25) is 0 Å². The Morgan fingerprint density at radius 1 is 1.40 bits per heavy atom. The number of imide groups is 1. The van der Waals surface area contributed by atoms with E-state index in [4.69, 9.17) is 9.84 Å². The molecule has 0 aromatic carbocycles. The molecule has 0 radical (unpaired) electrons. The quantitative estimate of drug-likeness (QED) is 0.420. The Morgan fingerprint density at radius 2 is 2.10 bits per heavy atom. The Labute approximate surface area is 115 Å². The van der Waals surface area contributed by atoms with Crippen LogP contribution in [0.15, 0.2) is 0 Å². The standard InChI is InChI=1S/C12H16N2O6/c1-2-3-6-4-14(12(19)13-10(6)18)11-9(17)8(16)7(5-15)20-11/h6-9,11,15-17H,4-5H2,1H3,(H,13,18,19)/t6?,7-,8-,9+,11-/m1/s1. The largest absolute Gasteiger partial charge is 0.394 e. The summed E-state index contributed by atoms with van der Waals surface area (Å²) in [4.78, 5) is 24.5. The smallest absolute Gasteiger partial charge is 0.326 e. The lowest BCUT2D eigenvalue weighted by Crippen LogP contribution is -2.59. The fourth-order valence-electron chi connectivity index (χ4n) is 2.27. The van der Waals surface area contributed by atoms with Gasteiger partial charge in [0.15, 0.2) is 6.23 Å². The molecule has 0 aliphatic carbocycles. The molecule has 0 bridgehead atoms. The Balaban J connectivity index is 2.16. The van der Waals surface area contributed by atoms with Crippen LogP contribution in [0.1, 0.15) is 6.92 Å². The Kier molecular flexibility index (Phi) is 4.25. The first-order chi connectivity index (χ1) is 9.49. The first-order valence-corrected chi connectivity index (χ1v) is 6.15. The van der Waals surface area contributed by atoms with Crippen LogP contribution >= 0.6 is 0 Å². The molecule has 0 saturated carbocycles. The van der Waals surface area contributed by atoms with Crippen molar-refractivity contribution in [2.24, 2.45) is 5.92 Å². The van der Waals surface area contributed by atoms with E-state index >= 15 is 0 Å². The maximum absolute atomic E-state index is 11.8. The number of aliphatic hydroxyl groups excluding tert-OH is 3. The molecule has 0 spiro atoms. The van der Waals surface area contributed by atoms with Gasteiger partial charge in [-0.3, -0.25) is 15.0 Å². The average Bonchev–Trinajstić information content (AvgIpc) is 2.70. The van der Waals surface area contributed by atoms with Crippen molar-refractivity contribution in [3.63, 3.8) is 0 Å². The predicted octanol–water partition coefficient (Wildman–Crippen LogP) is -2.38. The number of amides is 3. The van der Waals surface area contributed by atoms with Crippen LogP contribution in [-0.2, 0) is 9.53 Å². The molecule has 2 rings (SSSR count). The molecule has 2 fully saturated rings. The maximum atomic E-state index is 11.8. The molecular weight excluding hydrogens is 268 g/mol. The summed E-state index contributed by atoms with van der Waals surface area (Å²) < 4.78 is 5.26. The summed E-state index contributed by atoms with van der Waals surface area (Å²) in [5.41, 5.74) is 0. The van der Waals surface area contributed by atoms with Crippen molar-refractivity contribution in [3.05, 3.63) is 0 Å². The van der Waals surface area contributed by atoms with Gasteiger partial charge in [0, 0.05) is 6.54 Å². The summed E-state index contributed by atoms with van der Waals surface area (Å²) in [5, 5.41) is 30.7. The second-order valence-corrected chi connectivity index (χ2v) is 4.62. The highest BCUT2D eigenvalue weighted by Crippen LogP contribution is 2.26. The van der Waals surface area contributed by atoms with Crippen LogP contribution in [0.25, 0.3) is 0 Å². The molecule has 1 unspecified atom stereocenters. The number of ether oxygens (including phenoxy) is 1. The molecule has 2 aliphatic heterocycles. The third kappa shape index (κ3) is 2.48. The lowest BCUT2D eigenvalue weighted by Gasteiger charge is -2.35. The van der Waals surface area contributed by atoms with Gasteiger partial charge in [-0.2, -0.15) is 0 Å². The van der Waals surface area contributed by atoms with E-state index in [0.717, 1.165) is 4.90 Å². The number of hydrogen-bond acceptors (Lipinski definition) is 6. The molecule has 8 nitrogen and oxygen atoms in total. The average molecular weight is 284 g/mol. The van der Waals surface area contributed by atoms with E-state index in [1.807, 2.05) is 0 Å². The van der Waals surface area contributed by atoms with E-state index in [0.29, 0.717) is 0 Å². The highest BCUT2D eigenvalue weighted by atomic mass is 16.6. The first-order valence-electron chi connectivity index (χ1n) is 6.15. The van der Waals surface area contributed by atoms with E-state index in [1.165, 1.54) is 0 Å². The molecule has 4 N–H and O–H groups in total. The normalized spacial score (nSPS) is 37.4. The number of hydrogen-bond donors (Lipinski definition) is 4. The van der Waals surface area contributed by atoms with Gasteiger partial charge in [0.25, 0.3) is 0 Å². The zero-order chi connectivity index (χ0) is 14.9. The molecular formula is C12H16N2O6. The number of urea groups is 1. The van der Waals surface area contributed by atoms with Crippen LogP contribution in [0.4, 0.5) is 4.79 Å². The molecule has 0 aromatic heterocycles. The Bertz CT molecular complexity index is 470. The molecule has 5 atom stereocenters. The fourth-order valence-corrected chi connectivity index (χ4v) is 2.27. The highest BCUT2D eigenvalue weighted by Gasteiger charge is 2.48. The first kappa shape index (κ1) is 14.7. The lowest BCUT2D eigenvalue weighted by molar-refractivity contribution is -0.129. The van der Waals surface area contributed by atoms with Crippen molar-refractivity contribution < 1.29 is 29.6 Å². The third-order valence-electron chi connectivity index (χ3n) is 3.33. The minimum atomic E-state index is -1.36. The van der Waals surface area contributed by atoms with E-state index in [2.05, 4.69) is 17.2 Å². The second-order valence-electron chi connectivity index (χ2n) is 4.62.